The number of carbonyl (C=O) groups is 1. The first-order valence-corrected chi connectivity index (χ1v) is 8.67. The summed E-state index contributed by atoms with van der Waals surface area (Å²) in [6, 6.07) is 11.9. The summed E-state index contributed by atoms with van der Waals surface area (Å²) in [6.45, 7) is 0.521. The Balaban J connectivity index is 1.84. The lowest BCUT2D eigenvalue weighted by molar-refractivity contribution is -0.387. The second kappa shape index (κ2) is 6.92. The highest BCUT2D eigenvalue weighted by molar-refractivity contribution is 7.98. The summed E-state index contributed by atoms with van der Waals surface area (Å²) in [7, 11) is 0. The highest BCUT2D eigenvalue weighted by Gasteiger charge is 2.24. The van der Waals surface area contributed by atoms with Gasteiger partial charge in [0, 0.05) is 23.6 Å². The number of nitro benzene ring substituents is 1. The molecule has 3 rings (SSSR count). The van der Waals surface area contributed by atoms with E-state index in [1.165, 1.54) is 17.8 Å². The highest BCUT2D eigenvalue weighted by atomic mass is 32.2. The number of carbonyl (C=O) groups excluding carboxylic acids is 1. The SMILES string of the molecule is CSc1ccc(C(=O)NC2CCOc3ccccc32)cc1[N+](=O)[O-]. The van der Waals surface area contributed by atoms with Crippen molar-refractivity contribution >= 4 is 23.4 Å². The third-order valence-corrected chi connectivity index (χ3v) is 4.69. The van der Waals surface area contributed by atoms with Crippen molar-refractivity contribution < 1.29 is 14.5 Å². The number of rotatable bonds is 4. The maximum atomic E-state index is 12.5. The van der Waals surface area contributed by atoms with Gasteiger partial charge in [0.05, 0.1) is 22.5 Å². The molecule has 0 aromatic heterocycles. The Hall–Kier alpha value is -2.54. The molecule has 1 aliphatic rings. The zero-order valence-electron chi connectivity index (χ0n) is 13.0. The molecule has 0 fully saturated rings. The molecular weight excluding hydrogens is 328 g/mol. The highest BCUT2D eigenvalue weighted by Crippen LogP contribution is 2.32. The van der Waals surface area contributed by atoms with Crippen molar-refractivity contribution in [2.45, 2.75) is 17.4 Å². The average Bonchev–Trinajstić information content (AvgIpc) is 2.61. The van der Waals surface area contributed by atoms with Crippen LogP contribution in [0.3, 0.4) is 0 Å². The number of benzene rings is 2. The number of hydrogen-bond donors (Lipinski definition) is 1. The number of nitrogens with zero attached hydrogens (tertiary/aromatic N) is 1. The number of amides is 1. The number of para-hydroxylation sites is 1. The van der Waals surface area contributed by atoms with Crippen LogP contribution in [0.2, 0.25) is 0 Å². The van der Waals surface area contributed by atoms with Gasteiger partial charge >= 0.3 is 0 Å². The molecule has 0 aliphatic carbocycles. The molecule has 2 aromatic carbocycles. The molecule has 0 radical (unpaired) electrons. The summed E-state index contributed by atoms with van der Waals surface area (Å²) in [5.74, 6) is 0.435. The molecule has 24 heavy (non-hydrogen) atoms. The third-order valence-electron chi connectivity index (χ3n) is 3.90. The van der Waals surface area contributed by atoms with E-state index in [4.69, 9.17) is 4.74 Å². The van der Waals surface area contributed by atoms with Crippen LogP contribution in [0.4, 0.5) is 5.69 Å². The van der Waals surface area contributed by atoms with Gasteiger partial charge < -0.3 is 10.1 Å². The van der Waals surface area contributed by atoms with Crippen LogP contribution in [0.5, 0.6) is 5.75 Å². The molecule has 1 N–H and O–H groups in total. The predicted octanol–water partition coefficient (Wildman–Crippen LogP) is 3.57. The van der Waals surface area contributed by atoms with Gasteiger partial charge in [-0.15, -0.1) is 11.8 Å². The molecule has 2 aromatic rings. The summed E-state index contributed by atoms with van der Waals surface area (Å²) >= 11 is 1.28. The fourth-order valence-electron chi connectivity index (χ4n) is 2.71. The molecule has 7 heteroatoms. The largest absolute Gasteiger partial charge is 0.493 e. The van der Waals surface area contributed by atoms with Crippen LogP contribution in [-0.2, 0) is 0 Å². The molecule has 124 valence electrons. The Morgan fingerprint density at radius 2 is 2.12 bits per heavy atom. The Kier molecular flexibility index (Phi) is 4.71. The first-order chi connectivity index (χ1) is 11.6. The number of hydrogen-bond acceptors (Lipinski definition) is 5. The molecule has 6 nitrogen and oxygen atoms in total. The first kappa shape index (κ1) is 16.3. The standard InChI is InChI=1S/C17H16N2O4S/c1-24-16-7-6-11(10-14(16)19(21)22)17(20)18-13-8-9-23-15-5-3-2-4-12(13)15/h2-7,10,13H,8-9H2,1H3,(H,18,20). The molecule has 1 aliphatic heterocycles. The van der Waals surface area contributed by atoms with Crippen LogP contribution in [-0.4, -0.2) is 23.7 Å². The van der Waals surface area contributed by atoms with Crippen LogP contribution in [0.25, 0.3) is 0 Å². The molecule has 1 amide bonds. The molecule has 1 unspecified atom stereocenters. The second-order valence-corrected chi connectivity index (χ2v) is 6.19. The van der Waals surface area contributed by atoms with Crippen LogP contribution >= 0.6 is 11.8 Å². The van der Waals surface area contributed by atoms with Gasteiger partial charge in [0.25, 0.3) is 11.6 Å². The molecule has 0 saturated carbocycles. The molecule has 0 bridgehead atoms. The zero-order chi connectivity index (χ0) is 17.1. The maximum Gasteiger partial charge on any atom is 0.283 e. The molecule has 1 heterocycles. The van der Waals surface area contributed by atoms with Gasteiger partial charge in [-0.05, 0) is 24.5 Å². The summed E-state index contributed by atoms with van der Waals surface area (Å²) in [5.41, 5.74) is 1.15. The van der Waals surface area contributed by atoms with E-state index in [0.717, 1.165) is 11.3 Å². The van der Waals surface area contributed by atoms with Crippen molar-refractivity contribution in [3.05, 3.63) is 63.7 Å². The third kappa shape index (κ3) is 3.21. The van der Waals surface area contributed by atoms with Crippen LogP contribution in [0, 0.1) is 10.1 Å². The number of ether oxygens (including phenoxy) is 1. The van der Waals surface area contributed by atoms with Crippen LogP contribution < -0.4 is 10.1 Å². The van der Waals surface area contributed by atoms with E-state index in [-0.39, 0.29) is 23.2 Å². The lowest BCUT2D eigenvalue weighted by atomic mass is 10.00. The normalized spacial score (nSPS) is 16.0. The fourth-order valence-corrected chi connectivity index (χ4v) is 3.25. The van der Waals surface area contributed by atoms with Gasteiger partial charge in [0.2, 0.25) is 0 Å². The lowest BCUT2D eigenvalue weighted by Crippen LogP contribution is -2.32. The van der Waals surface area contributed by atoms with Crippen molar-refractivity contribution in [3.63, 3.8) is 0 Å². The second-order valence-electron chi connectivity index (χ2n) is 5.34. The minimum Gasteiger partial charge on any atom is -0.493 e. The minimum atomic E-state index is -0.466. The first-order valence-electron chi connectivity index (χ1n) is 7.45. The Morgan fingerprint density at radius 1 is 1.33 bits per heavy atom. The van der Waals surface area contributed by atoms with Gasteiger partial charge in [-0.1, -0.05) is 18.2 Å². The van der Waals surface area contributed by atoms with E-state index in [1.54, 1.807) is 18.4 Å². The van der Waals surface area contributed by atoms with Gasteiger partial charge in [-0.2, -0.15) is 0 Å². The molecule has 0 spiro atoms. The Bertz CT molecular complexity index is 794. The topological polar surface area (TPSA) is 81.5 Å². The summed E-state index contributed by atoms with van der Waals surface area (Å²) in [6.07, 6.45) is 2.43. The van der Waals surface area contributed by atoms with E-state index in [9.17, 15) is 14.9 Å². The number of nitro groups is 1. The van der Waals surface area contributed by atoms with E-state index < -0.39 is 4.92 Å². The monoisotopic (exact) mass is 344 g/mol. The van der Waals surface area contributed by atoms with Crippen molar-refractivity contribution in [1.29, 1.82) is 0 Å². The number of nitrogens with one attached hydrogen (secondary N) is 1. The molecule has 0 saturated heterocycles. The van der Waals surface area contributed by atoms with Crippen molar-refractivity contribution in [2.75, 3.05) is 12.9 Å². The van der Waals surface area contributed by atoms with Gasteiger partial charge in [-0.3, -0.25) is 14.9 Å². The lowest BCUT2D eigenvalue weighted by Gasteiger charge is -2.26. The van der Waals surface area contributed by atoms with Gasteiger partial charge in [-0.25, -0.2) is 0 Å². The quantitative estimate of drug-likeness (QED) is 0.521. The van der Waals surface area contributed by atoms with E-state index >= 15 is 0 Å². The number of fused-ring (bicyclic) bond motifs is 1. The average molecular weight is 344 g/mol. The Morgan fingerprint density at radius 3 is 2.88 bits per heavy atom. The minimum absolute atomic E-state index is 0.0532. The van der Waals surface area contributed by atoms with E-state index in [2.05, 4.69) is 5.32 Å². The predicted molar refractivity (Wildman–Crippen MR) is 91.6 cm³/mol. The van der Waals surface area contributed by atoms with Crippen LogP contribution in [0.15, 0.2) is 47.4 Å². The van der Waals surface area contributed by atoms with Gasteiger partial charge in [0.15, 0.2) is 0 Å². The summed E-state index contributed by atoms with van der Waals surface area (Å²) < 4.78 is 5.58. The number of thioether (sulfide) groups is 1. The zero-order valence-corrected chi connectivity index (χ0v) is 13.8. The summed E-state index contributed by atoms with van der Waals surface area (Å²) in [4.78, 5) is 23.7. The van der Waals surface area contributed by atoms with Gasteiger partial charge in [0.1, 0.15) is 5.75 Å². The van der Waals surface area contributed by atoms with Crippen molar-refractivity contribution in [3.8, 4) is 5.75 Å². The van der Waals surface area contributed by atoms with E-state index in [1.807, 2.05) is 24.3 Å². The summed E-state index contributed by atoms with van der Waals surface area (Å²) in [5, 5.41) is 14.1. The maximum absolute atomic E-state index is 12.5. The van der Waals surface area contributed by atoms with Crippen LogP contribution in [0.1, 0.15) is 28.4 Å². The molecular formula is C17H16N2O4S. The van der Waals surface area contributed by atoms with E-state index in [0.29, 0.717) is 17.9 Å². The van der Waals surface area contributed by atoms with Crippen molar-refractivity contribution in [1.82, 2.24) is 5.32 Å². The Labute approximate surface area is 143 Å². The van der Waals surface area contributed by atoms with Crippen molar-refractivity contribution in [2.24, 2.45) is 0 Å². The fraction of sp³-hybridized carbons (Fsp3) is 0.235. The molecule has 1 atom stereocenters. The smallest absolute Gasteiger partial charge is 0.283 e.